The number of rotatable bonds is 4. The van der Waals surface area contributed by atoms with Crippen LogP contribution in [0.15, 0.2) is 24.3 Å². The highest BCUT2D eigenvalue weighted by Gasteiger charge is 2.25. The van der Waals surface area contributed by atoms with Crippen molar-refractivity contribution in [1.82, 2.24) is 5.32 Å². The highest BCUT2D eigenvalue weighted by molar-refractivity contribution is 5.70. The van der Waals surface area contributed by atoms with E-state index in [1.807, 2.05) is 0 Å². The van der Waals surface area contributed by atoms with Crippen molar-refractivity contribution < 1.29 is 14.3 Å². The molecule has 0 aromatic heterocycles. The normalized spacial score (nSPS) is 14.6. The molecule has 0 bridgehead atoms. The summed E-state index contributed by atoms with van der Waals surface area (Å²) in [6, 6.07) is 5.68. The number of hydrogen-bond acceptors (Lipinski definition) is 2. The summed E-state index contributed by atoms with van der Waals surface area (Å²) in [7, 11) is 1.62. The molecule has 82 valence electrons. The lowest BCUT2D eigenvalue weighted by Crippen LogP contribution is -2.29. The molecule has 3 nitrogen and oxygen atoms in total. The Morgan fingerprint density at radius 3 is 2.53 bits per heavy atom. The third kappa shape index (κ3) is 2.53. The fourth-order valence-corrected chi connectivity index (χ4v) is 1.54. The van der Waals surface area contributed by atoms with E-state index in [9.17, 15) is 9.18 Å². The van der Waals surface area contributed by atoms with E-state index in [1.54, 1.807) is 32.2 Å². The first-order valence-corrected chi connectivity index (χ1v) is 4.72. The molecule has 0 aliphatic rings. The average Bonchev–Trinajstić information content (AvgIpc) is 2.21. The monoisotopic (exact) mass is 211 g/mol. The standard InChI is InChI=1S/C11H14FNO2/c1-7(11(14)15)10(13-2)8-5-3-4-6-9(8)12/h3-7,10,13H,1-2H3,(H,14,15). The molecule has 2 unspecified atom stereocenters. The van der Waals surface area contributed by atoms with Crippen molar-refractivity contribution in [1.29, 1.82) is 0 Å². The van der Waals surface area contributed by atoms with Crippen molar-refractivity contribution in [3.63, 3.8) is 0 Å². The SMILES string of the molecule is CNC(c1ccccc1F)C(C)C(=O)O. The third-order valence-electron chi connectivity index (χ3n) is 2.44. The average molecular weight is 211 g/mol. The molecule has 2 N–H and O–H groups in total. The first kappa shape index (κ1) is 11.7. The molecule has 0 fully saturated rings. The Morgan fingerprint density at radius 1 is 1.47 bits per heavy atom. The second-order valence-corrected chi connectivity index (χ2v) is 3.41. The number of benzene rings is 1. The maximum absolute atomic E-state index is 13.4. The van der Waals surface area contributed by atoms with E-state index >= 15 is 0 Å². The molecule has 15 heavy (non-hydrogen) atoms. The van der Waals surface area contributed by atoms with Crippen LogP contribution in [0.25, 0.3) is 0 Å². The van der Waals surface area contributed by atoms with Gasteiger partial charge in [0.05, 0.1) is 5.92 Å². The largest absolute Gasteiger partial charge is 0.481 e. The molecule has 0 radical (unpaired) electrons. The van der Waals surface area contributed by atoms with Gasteiger partial charge >= 0.3 is 5.97 Å². The molecule has 0 heterocycles. The van der Waals surface area contributed by atoms with Gasteiger partial charge in [0.2, 0.25) is 0 Å². The third-order valence-corrected chi connectivity index (χ3v) is 2.44. The van der Waals surface area contributed by atoms with Crippen LogP contribution in [-0.4, -0.2) is 18.1 Å². The minimum absolute atomic E-state index is 0.384. The van der Waals surface area contributed by atoms with Crippen molar-refractivity contribution in [3.8, 4) is 0 Å². The first-order valence-electron chi connectivity index (χ1n) is 4.72. The van der Waals surface area contributed by atoms with Crippen molar-refractivity contribution in [3.05, 3.63) is 35.6 Å². The van der Waals surface area contributed by atoms with Gasteiger partial charge in [0.25, 0.3) is 0 Å². The molecule has 0 saturated carbocycles. The van der Waals surface area contributed by atoms with Gasteiger partial charge in [0, 0.05) is 11.6 Å². The molecule has 0 spiro atoms. The van der Waals surface area contributed by atoms with Crippen LogP contribution in [0.2, 0.25) is 0 Å². The summed E-state index contributed by atoms with van der Waals surface area (Å²) < 4.78 is 13.4. The smallest absolute Gasteiger partial charge is 0.308 e. The minimum Gasteiger partial charge on any atom is -0.481 e. The molecular weight excluding hydrogens is 197 g/mol. The Balaban J connectivity index is 3.02. The molecule has 2 atom stereocenters. The summed E-state index contributed by atoms with van der Waals surface area (Å²) >= 11 is 0. The van der Waals surface area contributed by atoms with E-state index in [4.69, 9.17) is 5.11 Å². The quantitative estimate of drug-likeness (QED) is 0.798. The van der Waals surface area contributed by atoms with Crippen molar-refractivity contribution in [2.24, 2.45) is 5.92 Å². The van der Waals surface area contributed by atoms with Crippen molar-refractivity contribution >= 4 is 5.97 Å². The lowest BCUT2D eigenvalue weighted by molar-refractivity contribution is -0.142. The maximum Gasteiger partial charge on any atom is 0.308 e. The number of carboxylic acids is 1. The number of aliphatic carboxylic acids is 1. The van der Waals surface area contributed by atoms with E-state index in [1.165, 1.54) is 6.07 Å². The Hall–Kier alpha value is -1.42. The van der Waals surface area contributed by atoms with Gasteiger partial charge in [0.1, 0.15) is 5.82 Å². The van der Waals surface area contributed by atoms with Crippen molar-refractivity contribution in [2.45, 2.75) is 13.0 Å². The highest BCUT2D eigenvalue weighted by Crippen LogP contribution is 2.23. The molecule has 1 aromatic rings. The second kappa shape index (κ2) is 4.89. The number of halogens is 1. The summed E-state index contributed by atoms with van der Waals surface area (Å²) in [6.07, 6.45) is 0. The number of nitrogens with one attached hydrogen (secondary N) is 1. The van der Waals surface area contributed by atoms with E-state index < -0.39 is 17.9 Å². The summed E-state index contributed by atoms with van der Waals surface area (Å²) in [5.74, 6) is -2.01. The summed E-state index contributed by atoms with van der Waals surface area (Å²) in [5.41, 5.74) is 0.384. The fourth-order valence-electron chi connectivity index (χ4n) is 1.54. The van der Waals surface area contributed by atoms with Gasteiger partial charge in [-0.15, -0.1) is 0 Å². The van der Waals surface area contributed by atoms with E-state index in [0.29, 0.717) is 5.56 Å². The minimum atomic E-state index is -0.947. The molecule has 4 heteroatoms. The van der Waals surface area contributed by atoms with Gasteiger partial charge in [-0.3, -0.25) is 4.79 Å². The van der Waals surface area contributed by atoms with Crippen LogP contribution in [0, 0.1) is 11.7 Å². The van der Waals surface area contributed by atoms with Gasteiger partial charge in [-0.2, -0.15) is 0 Å². The predicted octanol–water partition coefficient (Wildman–Crippen LogP) is 1.81. The molecule has 0 aliphatic carbocycles. The van der Waals surface area contributed by atoms with Crippen LogP contribution >= 0.6 is 0 Å². The van der Waals surface area contributed by atoms with E-state index in [-0.39, 0.29) is 5.82 Å². The van der Waals surface area contributed by atoms with Gasteiger partial charge in [-0.1, -0.05) is 25.1 Å². The van der Waals surface area contributed by atoms with Gasteiger partial charge in [0.15, 0.2) is 0 Å². The Morgan fingerprint density at radius 2 is 2.07 bits per heavy atom. The lowest BCUT2D eigenvalue weighted by atomic mass is 9.94. The topological polar surface area (TPSA) is 49.3 Å². The Kier molecular flexibility index (Phi) is 3.80. The van der Waals surface area contributed by atoms with Crippen LogP contribution in [-0.2, 0) is 4.79 Å². The highest BCUT2D eigenvalue weighted by atomic mass is 19.1. The van der Waals surface area contributed by atoms with Crippen LogP contribution in [0.5, 0.6) is 0 Å². The van der Waals surface area contributed by atoms with Gasteiger partial charge < -0.3 is 10.4 Å². The van der Waals surface area contributed by atoms with E-state index in [2.05, 4.69) is 5.32 Å². The van der Waals surface area contributed by atoms with E-state index in [0.717, 1.165) is 0 Å². The Bertz CT molecular complexity index is 354. The molecule has 0 saturated heterocycles. The summed E-state index contributed by atoms with van der Waals surface area (Å²) in [6.45, 7) is 1.55. The molecular formula is C11H14FNO2. The van der Waals surface area contributed by atoms with Crippen LogP contribution < -0.4 is 5.32 Å². The molecule has 1 aromatic carbocycles. The molecule has 0 aliphatic heterocycles. The first-order chi connectivity index (χ1) is 7.07. The number of hydrogen-bond donors (Lipinski definition) is 2. The summed E-state index contributed by atoms with van der Waals surface area (Å²) in [4.78, 5) is 10.8. The zero-order valence-electron chi connectivity index (χ0n) is 8.70. The second-order valence-electron chi connectivity index (χ2n) is 3.41. The van der Waals surface area contributed by atoms with Gasteiger partial charge in [-0.05, 0) is 13.1 Å². The van der Waals surface area contributed by atoms with Crippen molar-refractivity contribution in [2.75, 3.05) is 7.05 Å². The zero-order valence-corrected chi connectivity index (χ0v) is 8.70. The van der Waals surface area contributed by atoms with Crippen LogP contribution in [0.3, 0.4) is 0 Å². The molecule has 0 amide bonds. The maximum atomic E-state index is 13.4. The predicted molar refractivity (Wildman–Crippen MR) is 55.0 cm³/mol. The number of carboxylic acid groups (broad SMARTS) is 1. The van der Waals surface area contributed by atoms with Crippen LogP contribution in [0.1, 0.15) is 18.5 Å². The van der Waals surface area contributed by atoms with Crippen LogP contribution in [0.4, 0.5) is 4.39 Å². The number of carbonyl (C=O) groups is 1. The summed E-state index contributed by atoms with van der Waals surface area (Å²) in [5, 5.41) is 11.7. The fraction of sp³-hybridized carbons (Fsp3) is 0.364. The van der Waals surface area contributed by atoms with Gasteiger partial charge in [-0.25, -0.2) is 4.39 Å². The lowest BCUT2D eigenvalue weighted by Gasteiger charge is -2.21. The molecule has 1 rings (SSSR count). The zero-order chi connectivity index (χ0) is 11.4. The Labute approximate surface area is 87.9 Å².